The molecule has 3 nitrogen and oxygen atoms in total. The molecule has 0 aromatic carbocycles. The van der Waals surface area contributed by atoms with Crippen LogP contribution < -0.4 is 5.32 Å². The topological polar surface area (TPSA) is 24.5 Å². The summed E-state index contributed by atoms with van der Waals surface area (Å²) in [4.78, 5) is 2.50. The third-order valence-electron chi connectivity index (χ3n) is 6.58. The first-order valence-corrected chi connectivity index (χ1v) is 9.23. The lowest BCUT2D eigenvalue weighted by atomic mass is 9.55. The molecular formula is C18H34N2O. The minimum Gasteiger partial charge on any atom is -0.378 e. The molecule has 3 heteroatoms. The molecule has 0 amide bonds. The molecule has 2 aliphatic carbocycles. The molecule has 0 radical (unpaired) electrons. The zero-order chi connectivity index (χ0) is 14.9. The van der Waals surface area contributed by atoms with Crippen molar-refractivity contribution in [2.75, 3.05) is 20.2 Å². The molecule has 0 bridgehead atoms. The van der Waals surface area contributed by atoms with E-state index < -0.39 is 0 Å². The van der Waals surface area contributed by atoms with Crippen molar-refractivity contribution in [1.29, 1.82) is 0 Å². The number of nitrogens with one attached hydrogen (secondary N) is 1. The second-order valence-corrected chi connectivity index (χ2v) is 7.74. The maximum absolute atomic E-state index is 6.08. The molecule has 4 unspecified atom stereocenters. The Morgan fingerprint density at radius 1 is 1.19 bits per heavy atom. The number of likely N-dealkylation sites (tertiary alicyclic amines) is 1. The molecule has 0 aromatic rings. The minimum atomic E-state index is 0.473. The molecule has 21 heavy (non-hydrogen) atoms. The molecular weight excluding hydrogens is 260 g/mol. The van der Waals surface area contributed by atoms with E-state index in [1.54, 1.807) is 0 Å². The molecule has 122 valence electrons. The van der Waals surface area contributed by atoms with E-state index in [2.05, 4.69) is 31.1 Å². The smallest absolute Gasteiger partial charge is 0.0661 e. The Labute approximate surface area is 130 Å². The average Bonchev–Trinajstić information content (AvgIpc) is 2.50. The number of ether oxygens (including phenoxy) is 1. The van der Waals surface area contributed by atoms with E-state index in [1.165, 1.54) is 57.9 Å². The van der Waals surface area contributed by atoms with E-state index in [0.29, 0.717) is 11.5 Å². The van der Waals surface area contributed by atoms with Crippen molar-refractivity contribution in [3.8, 4) is 0 Å². The summed E-state index contributed by atoms with van der Waals surface area (Å²) in [5.41, 5.74) is 0.473. The van der Waals surface area contributed by atoms with Crippen LogP contribution in [0.25, 0.3) is 0 Å². The summed E-state index contributed by atoms with van der Waals surface area (Å²) < 4.78 is 6.08. The van der Waals surface area contributed by atoms with Crippen LogP contribution in [0.15, 0.2) is 0 Å². The van der Waals surface area contributed by atoms with Gasteiger partial charge in [0.2, 0.25) is 0 Å². The highest BCUT2D eigenvalue weighted by Crippen LogP contribution is 2.53. The number of hydrogen-bond donors (Lipinski definition) is 1. The van der Waals surface area contributed by atoms with E-state index in [0.717, 1.165) is 24.7 Å². The third kappa shape index (κ3) is 3.02. The normalized spacial score (nSPS) is 40.1. The van der Waals surface area contributed by atoms with Crippen LogP contribution in [-0.2, 0) is 4.74 Å². The van der Waals surface area contributed by atoms with Crippen molar-refractivity contribution in [3.05, 3.63) is 0 Å². The van der Waals surface area contributed by atoms with Crippen LogP contribution in [0.3, 0.4) is 0 Å². The van der Waals surface area contributed by atoms with E-state index in [-0.39, 0.29) is 0 Å². The Morgan fingerprint density at radius 2 is 1.95 bits per heavy atom. The fraction of sp³-hybridized carbons (Fsp3) is 1.00. The van der Waals surface area contributed by atoms with Crippen LogP contribution in [0, 0.1) is 5.41 Å². The SMILES string of the molecule is CCOC1CC(NC2CCN(C)C(C)C2)C12CCCCC2. The zero-order valence-electron chi connectivity index (χ0n) is 14.2. The Bertz CT molecular complexity index is 340. The predicted molar refractivity (Wildman–Crippen MR) is 87.6 cm³/mol. The molecule has 1 N–H and O–H groups in total. The zero-order valence-corrected chi connectivity index (χ0v) is 14.2. The first kappa shape index (κ1) is 15.8. The van der Waals surface area contributed by atoms with E-state index in [4.69, 9.17) is 4.74 Å². The first-order chi connectivity index (χ1) is 10.2. The summed E-state index contributed by atoms with van der Waals surface area (Å²) in [6.45, 7) is 6.64. The van der Waals surface area contributed by atoms with Gasteiger partial charge in [-0.25, -0.2) is 0 Å². The summed E-state index contributed by atoms with van der Waals surface area (Å²) in [6, 6.07) is 2.17. The summed E-state index contributed by atoms with van der Waals surface area (Å²) in [5, 5.41) is 4.05. The molecule has 0 aromatic heterocycles. The predicted octanol–water partition coefficient (Wildman–Crippen LogP) is 3.19. The summed E-state index contributed by atoms with van der Waals surface area (Å²) in [6.07, 6.45) is 11.4. The lowest BCUT2D eigenvalue weighted by Gasteiger charge is -2.59. The van der Waals surface area contributed by atoms with Crippen molar-refractivity contribution in [3.63, 3.8) is 0 Å². The van der Waals surface area contributed by atoms with Crippen molar-refractivity contribution < 1.29 is 4.74 Å². The number of rotatable bonds is 4. The van der Waals surface area contributed by atoms with Crippen LogP contribution in [0.2, 0.25) is 0 Å². The van der Waals surface area contributed by atoms with Gasteiger partial charge in [-0.2, -0.15) is 0 Å². The fourth-order valence-electron chi connectivity index (χ4n) is 5.02. The van der Waals surface area contributed by atoms with Crippen molar-refractivity contribution in [2.24, 2.45) is 5.41 Å². The average molecular weight is 294 g/mol. The van der Waals surface area contributed by atoms with Gasteiger partial charge >= 0.3 is 0 Å². The lowest BCUT2D eigenvalue weighted by Crippen LogP contribution is -2.66. The highest BCUT2D eigenvalue weighted by atomic mass is 16.5. The highest BCUT2D eigenvalue weighted by Gasteiger charge is 2.55. The molecule has 1 heterocycles. The third-order valence-corrected chi connectivity index (χ3v) is 6.58. The minimum absolute atomic E-state index is 0.473. The molecule has 1 saturated heterocycles. The summed E-state index contributed by atoms with van der Waals surface area (Å²) >= 11 is 0. The van der Waals surface area contributed by atoms with Crippen LogP contribution in [0.4, 0.5) is 0 Å². The summed E-state index contributed by atoms with van der Waals surface area (Å²) in [5.74, 6) is 0. The molecule has 3 aliphatic rings. The van der Waals surface area contributed by atoms with Gasteiger partial charge in [0.25, 0.3) is 0 Å². The highest BCUT2D eigenvalue weighted by molar-refractivity contribution is 5.09. The Balaban J connectivity index is 1.60. The number of piperidine rings is 1. The van der Waals surface area contributed by atoms with Gasteiger partial charge in [-0.3, -0.25) is 0 Å². The second-order valence-electron chi connectivity index (χ2n) is 7.74. The van der Waals surface area contributed by atoms with Crippen molar-refractivity contribution in [1.82, 2.24) is 10.2 Å². The largest absolute Gasteiger partial charge is 0.378 e. The van der Waals surface area contributed by atoms with Gasteiger partial charge < -0.3 is 15.0 Å². The molecule has 1 aliphatic heterocycles. The van der Waals surface area contributed by atoms with Gasteiger partial charge in [0.05, 0.1) is 6.10 Å². The number of nitrogens with zero attached hydrogens (tertiary/aromatic N) is 1. The maximum atomic E-state index is 6.08. The van der Waals surface area contributed by atoms with Gasteiger partial charge in [0.15, 0.2) is 0 Å². The van der Waals surface area contributed by atoms with Crippen LogP contribution >= 0.6 is 0 Å². The van der Waals surface area contributed by atoms with Crippen molar-refractivity contribution >= 4 is 0 Å². The van der Waals surface area contributed by atoms with E-state index >= 15 is 0 Å². The van der Waals surface area contributed by atoms with Gasteiger partial charge in [0.1, 0.15) is 0 Å². The maximum Gasteiger partial charge on any atom is 0.0661 e. The molecule has 4 atom stereocenters. The van der Waals surface area contributed by atoms with Gasteiger partial charge in [-0.05, 0) is 59.5 Å². The standard InChI is InChI=1S/C18H34N2O/c1-4-21-17-13-16(18(17)9-6-5-7-10-18)19-15-8-11-20(3)14(2)12-15/h14-17,19H,4-13H2,1-3H3. The molecule has 2 saturated carbocycles. The molecule has 3 rings (SSSR count). The van der Waals surface area contributed by atoms with Crippen LogP contribution in [0.5, 0.6) is 0 Å². The second kappa shape index (κ2) is 6.55. The lowest BCUT2D eigenvalue weighted by molar-refractivity contribution is -0.153. The van der Waals surface area contributed by atoms with Gasteiger partial charge in [0, 0.05) is 30.1 Å². The Hall–Kier alpha value is -0.120. The van der Waals surface area contributed by atoms with Crippen LogP contribution in [-0.4, -0.2) is 49.3 Å². The molecule has 3 fully saturated rings. The van der Waals surface area contributed by atoms with Crippen LogP contribution in [0.1, 0.15) is 65.2 Å². The van der Waals surface area contributed by atoms with Crippen molar-refractivity contribution in [2.45, 2.75) is 89.4 Å². The van der Waals surface area contributed by atoms with Gasteiger partial charge in [-0.1, -0.05) is 19.3 Å². The van der Waals surface area contributed by atoms with E-state index in [1.807, 2.05) is 0 Å². The van der Waals surface area contributed by atoms with E-state index in [9.17, 15) is 0 Å². The monoisotopic (exact) mass is 294 g/mol. The Kier molecular flexibility index (Phi) is 4.92. The van der Waals surface area contributed by atoms with Gasteiger partial charge in [-0.15, -0.1) is 0 Å². The quantitative estimate of drug-likeness (QED) is 0.862. The Morgan fingerprint density at radius 3 is 2.62 bits per heavy atom. The fourth-order valence-corrected chi connectivity index (χ4v) is 5.02. The molecule has 1 spiro atoms. The number of hydrogen-bond acceptors (Lipinski definition) is 3. The first-order valence-electron chi connectivity index (χ1n) is 9.23. The summed E-state index contributed by atoms with van der Waals surface area (Å²) in [7, 11) is 2.26.